The Morgan fingerprint density at radius 1 is 0.981 bits per heavy atom. The SMILES string of the molecule is CC(C)[C@@H]1NC(=O)C(CC(=O)C2(O)CCCCC2)Cc2ccc3c(c2)C2(c4ccccc4N[C@H]2O3)c2oc1nc2-c1ncc(-c2c[nH]c3ccccc23)o1. The maximum absolute atomic E-state index is 14.4. The van der Waals surface area contributed by atoms with Crippen molar-refractivity contribution >= 4 is 28.3 Å². The molecule has 11 nitrogen and oxygen atoms in total. The van der Waals surface area contributed by atoms with E-state index in [0.29, 0.717) is 48.1 Å². The zero-order chi connectivity index (χ0) is 36.8. The Hall–Kier alpha value is -5.68. The summed E-state index contributed by atoms with van der Waals surface area (Å²) in [6.45, 7) is 4.00. The van der Waals surface area contributed by atoms with Crippen LogP contribution in [-0.2, 0) is 21.4 Å². The Labute approximate surface area is 311 Å². The van der Waals surface area contributed by atoms with Gasteiger partial charge in [0, 0.05) is 46.3 Å². The number of fused-ring (bicyclic) bond motifs is 5. The van der Waals surface area contributed by atoms with Crippen LogP contribution in [0.25, 0.3) is 33.8 Å². The molecule has 1 fully saturated rings. The lowest BCUT2D eigenvalue weighted by Gasteiger charge is -2.32. The Kier molecular flexibility index (Phi) is 7.42. The van der Waals surface area contributed by atoms with Gasteiger partial charge in [-0.1, -0.05) is 81.6 Å². The number of benzene rings is 3. The van der Waals surface area contributed by atoms with Crippen molar-refractivity contribution in [3.8, 4) is 28.7 Å². The number of hydrogen-bond donors (Lipinski definition) is 4. The summed E-state index contributed by atoms with van der Waals surface area (Å²) in [5, 5.41) is 19.2. The third-order valence-corrected chi connectivity index (χ3v) is 12.0. The highest BCUT2D eigenvalue weighted by molar-refractivity contribution is 5.94. The van der Waals surface area contributed by atoms with Crippen LogP contribution in [0.15, 0.2) is 88.0 Å². The van der Waals surface area contributed by atoms with Gasteiger partial charge in [-0.05, 0) is 54.5 Å². The van der Waals surface area contributed by atoms with Crippen molar-refractivity contribution in [3.63, 3.8) is 0 Å². The van der Waals surface area contributed by atoms with E-state index in [1.54, 1.807) is 6.20 Å². The summed E-state index contributed by atoms with van der Waals surface area (Å²) >= 11 is 0. The summed E-state index contributed by atoms with van der Waals surface area (Å²) in [5.74, 6) is 0.869. The summed E-state index contributed by atoms with van der Waals surface area (Å²) < 4.78 is 20.3. The zero-order valence-electron chi connectivity index (χ0n) is 30.1. The predicted octanol–water partition coefficient (Wildman–Crippen LogP) is 7.60. The number of H-pyrrole nitrogens is 1. The van der Waals surface area contributed by atoms with Gasteiger partial charge in [-0.3, -0.25) is 9.59 Å². The van der Waals surface area contributed by atoms with Crippen molar-refractivity contribution in [2.75, 3.05) is 5.32 Å². The first-order chi connectivity index (χ1) is 26.2. The number of Topliss-reactive ketones (excluding diaryl/α,β-unsaturated/α-hetero) is 1. The Morgan fingerprint density at radius 3 is 2.65 bits per heavy atom. The minimum Gasteiger partial charge on any atom is -0.469 e. The van der Waals surface area contributed by atoms with Crippen molar-refractivity contribution in [2.24, 2.45) is 11.8 Å². The van der Waals surface area contributed by atoms with Gasteiger partial charge in [0.25, 0.3) is 0 Å². The van der Waals surface area contributed by atoms with Gasteiger partial charge in [-0.15, -0.1) is 0 Å². The van der Waals surface area contributed by atoms with E-state index in [2.05, 4.69) is 27.8 Å². The van der Waals surface area contributed by atoms with Gasteiger partial charge < -0.3 is 34.3 Å². The van der Waals surface area contributed by atoms with Crippen LogP contribution in [0.5, 0.6) is 5.75 Å². The van der Waals surface area contributed by atoms with Gasteiger partial charge in [0.2, 0.25) is 17.7 Å². The molecule has 4 aliphatic rings. The van der Waals surface area contributed by atoms with Crippen molar-refractivity contribution in [1.29, 1.82) is 0 Å². The maximum atomic E-state index is 14.4. The highest BCUT2D eigenvalue weighted by atomic mass is 16.5. The molecule has 6 aromatic rings. The number of hydrogen-bond acceptors (Lipinski definition) is 9. The summed E-state index contributed by atoms with van der Waals surface area (Å²) in [7, 11) is 0. The van der Waals surface area contributed by atoms with E-state index >= 15 is 0 Å². The van der Waals surface area contributed by atoms with Crippen molar-refractivity contribution in [1.82, 2.24) is 20.3 Å². The van der Waals surface area contributed by atoms with Crippen LogP contribution in [0.2, 0.25) is 0 Å². The highest BCUT2D eigenvalue weighted by Gasteiger charge is 2.61. The van der Waals surface area contributed by atoms with Gasteiger partial charge in [-0.25, -0.2) is 9.97 Å². The van der Waals surface area contributed by atoms with Crippen LogP contribution < -0.4 is 15.4 Å². The lowest BCUT2D eigenvalue weighted by molar-refractivity contribution is -0.144. The molecular weight excluding hydrogens is 683 g/mol. The van der Waals surface area contributed by atoms with E-state index in [4.69, 9.17) is 23.5 Å². The lowest BCUT2D eigenvalue weighted by Crippen LogP contribution is -2.44. The molecule has 1 saturated carbocycles. The molecule has 3 aliphatic heterocycles. The van der Waals surface area contributed by atoms with Crippen LogP contribution in [-0.4, -0.2) is 43.6 Å². The molecule has 3 aromatic heterocycles. The molecule has 11 heteroatoms. The van der Waals surface area contributed by atoms with E-state index in [9.17, 15) is 14.7 Å². The van der Waals surface area contributed by atoms with Crippen molar-refractivity contribution in [2.45, 2.75) is 82.1 Å². The zero-order valence-corrected chi connectivity index (χ0v) is 30.1. The monoisotopic (exact) mass is 723 g/mol. The number of carbonyl (C=O) groups is 2. The smallest absolute Gasteiger partial charge is 0.249 e. The van der Waals surface area contributed by atoms with Gasteiger partial charge in [0.1, 0.15) is 22.8 Å². The van der Waals surface area contributed by atoms with Crippen LogP contribution in [0, 0.1) is 11.8 Å². The second-order valence-electron chi connectivity index (χ2n) is 15.7. The number of ketones is 1. The molecule has 6 heterocycles. The van der Waals surface area contributed by atoms with Gasteiger partial charge in [-0.2, -0.15) is 0 Å². The highest BCUT2D eigenvalue weighted by Crippen LogP contribution is 2.59. The first-order valence-corrected chi connectivity index (χ1v) is 19.0. The molecule has 1 amide bonds. The molecule has 54 heavy (non-hydrogen) atoms. The van der Waals surface area contributed by atoms with Crippen LogP contribution in [0.1, 0.15) is 86.8 Å². The first-order valence-electron chi connectivity index (χ1n) is 19.0. The van der Waals surface area contributed by atoms with Gasteiger partial charge >= 0.3 is 0 Å². The van der Waals surface area contributed by atoms with Crippen LogP contribution in [0.4, 0.5) is 5.69 Å². The Bertz CT molecular complexity index is 2450. The maximum Gasteiger partial charge on any atom is 0.249 e. The minimum absolute atomic E-state index is 0.0755. The number of nitrogens with zero attached hydrogens (tertiary/aromatic N) is 2. The third-order valence-electron chi connectivity index (χ3n) is 12.0. The average molecular weight is 724 g/mol. The topological polar surface area (TPSA) is 156 Å². The summed E-state index contributed by atoms with van der Waals surface area (Å²) in [6.07, 6.45) is 6.67. The van der Waals surface area contributed by atoms with E-state index in [1.165, 1.54) is 0 Å². The molecule has 4 bridgehead atoms. The number of aromatic amines is 1. The van der Waals surface area contributed by atoms with Crippen molar-refractivity contribution < 1.29 is 28.3 Å². The largest absolute Gasteiger partial charge is 0.469 e. The molecule has 2 unspecified atom stereocenters. The van der Waals surface area contributed by atoms with E-state index in [1.807, 2.05) is 74.6 Å². The number of rotatable bonds is 6. The molecule has 1 spiro atoms. The van der Waals surface area contributed by atoms with Crippen LogP contribution in [0.3, 0.4) is 0 Å². The molecule has 4 N–H and O–H groups in total. The number of ether oxygens (including phenoxy) is 1. The molecule has 10 rings (SSSR count). The lowest BCUT2D eigenvalue weighted by atomic mass is 9.72. The summed E-state index contributed by atoms with van der Waals surface area (Å²) in [6, 6.07) is 21.4. The number of nitrogens with one attached hydrogen (secondary N) is 3. The number of anilines is 1. The molecule has 3 aromatic carbocycles. The predicted molar refractivity (Wildman–Crippen MR) is 201 cm³/mol. The number of para-hydroxylation sites is 2. The number of aromatic nitrogens is 3. The first kappa shape index (κ1) is 32.9. The molecule has 1 aliphatic carbocycles. The van der Waals surface area contributed by atoms with E-state index in [-0.39, 0.29) is 29.9 Å². The third kappa shape index (κ3) is 4.90. The number of amides is 1. The number of aliphatic hydroxyl groups is 1. The molecule has 0 radical (unpaired) electrons. The van der Waals surface area contributed by atoms with Gasteiger partial charge in [0.15, 0.2) is 29.2 Å². The summed E-state index contributed by atoms with van der Waals surface area (Å²) in [4.78, 5) is 41.4. The van der Waals surface area contributed by atoms with Crippen LogP contribution >= 0.6 is 0 Å². The number of oxazole rings is 2. The summed E-state index contributed by atoms with van der Waals surface area (Å²) in [5.41, 5.74) is 3.42. The fourth-order valence-corrected chi connectivity index (χ4v) is 9.17. The Morgan fingerprint density at radius 2 is 1.80 bits per heavy atom. The number of carbonyl (C=O) groups excluding carboxylic acids is 2. The quantitative estimate of drug-likeness (QED) is 0.136. The molecule has 0 saturated heterocycles. The fourth-order valence-electron chi connectivity index (χ4n) is 9.17. The molecular formula is C43H41N5O6. The second-order valence-corrected chi connectivity index (χ2v) is 15.7. The average Bonchev–Trinajstić information content (AvgIpc) is 4.00. The molecule has 4 atom stereocenters. The molecule has 274 valence electrons. The van der Waals surface area contributed by atoms with E-state index in [0.717, 1.165) is 58.1 Å². The fraction of sp³-hybridized carbons (Fsp3) is 0.349. The standard InChI is InChI=1S/C43H41N5O6/c1-23(2)35-40-48-36(39-45-22-33(52-39)27-21-44-30-12-6-4-10-26(27)30)37(54-40)43-28-11-5-7-13-31(28)46-41(43)53-32-15-14-24(19-29(32)43)18-25(38(50)47-35)20-34(49)42(51)16-8-3-9-17-42/h4-7,10-15,19,21-23,25,35,41,44,46,51H,3,8-9,16-18,20H2,1-2H3,(H,47,50)/t25?,35-,41-,43?/m0/s1. The normalized spacial score (nSPS) is 23.9. The Balaban J connectivity index is 1.16. The van der Waals surface area contributed by atoms with Gasteiger partial charge in [0.05, 0.1) is 6.20 Å². The minimum atomic E-state index is -1.41. The second kappa shape index (κ2) is 12.2. The van der Waals surface area contributed by atoms with E-state index < -0.39 is 29.2 Å². The van der Waals surface area contributed by atoms with Crippen molar-refractivity contribution in [3.05, 3.63) is 107 Å².